The average Bonchev–Trinajstić information content (AvgIpc) is 3.84. The van der Waals surface area contributed by atoms with E-state index < -0.39 is 17.4 Å². The maximum atomic E-state index is 15.7. The van der Waals surface area contributed by atoms with Crippen LogP contribution < -0.4 is 30.1 Å². The second-order valence-electron chi connectivity index (χ2n) is 17.5. The quantitative estimate of drug-likeness (QED) is 0.0873. The number of benzene rings is 3. The summed E-state index contributed by atoms with van der Waals surface area (Å²) in [5.74, 6) is -2.33. The van der Waals surface area contributed by atoms with E-state index in [1.54, 1.807) is 33.6 Å². The third kappa shape index (κ3) is 9.11. The van der Waals surface area contributed by atoms with Crippen molar-refractivity contribution < 1.29 is 32.2 Å². The maximum absolute atomic E-state index is 15.7. The first kappa shape index (κ1) is 46.2. The molecule has 5 heterocycles. The molecule has 1 saturated carbocycles. The van der Waals surface area contributed by atoms with Crippen LogP contribution in [0.3, 0.4) is 0 Å². The van der Waals surface area contributed by atoms with Crippen molar-refractivity contribution in [2.24, 2.45) is 12.5 Å². The summed E-state index contributed by atoms with van der Waals surface area (Å²) in [5.41, 5.74) is 1.44. The molecule has 3 aromatic carbocycles. The number of nitrogens with zero attached hydrogens (tertiary/aromatic N) is 8. The van der Waals surface area contributed by atoms with Gasteiger partial charge in [-0.15, -0.1) is 0 Å². The molecule has 3 saturated heterocycles. The van der Waals surface area contributed by atoms with Crippen molar-refractivity contribution >= 4 is 63.4 Å². The van der Waals surface area contributed by atoms with E-state index >= 15 is 8.78 Å². The van der Waals surface area contributed by atoms with Gasteiger partial charge in [0.15, 0.2) is 17.5 Å². The number of rotatable bonds is 14. The van der Waals surface area contributed by atoms with Gasteiger partial charge >= 0.3 is 0 Å². The summed E-state index contributed by atoms with van der Waals surface area (Å²) in [6.07, 6.45) is 6.52. The number of hydrogen-bond donors (Lipinski definition) is 2. The SMILES string of the molecule is CC.CCN(C)SNc1ccc(F)c(Oc2ccc3ncn(C4COC5(CCN(C6CC7(C6)CN(c6cc8c(cc6F)c(N(C)CCC(=O)NC=O)nn8C)C7)CC5)C4)c(=O)c3c2)c1F. The van der Waals surface area contributed by atoms with Crippen LogP contribution in [0, 0.1) is 22.9 Å². The monoisotopic (exact) mass is 918 g/mol. The van der Waals surface area contributed by atoms with E-state index in [1.165, 1.54) is 36.4 Å². The van der Waals surface area contributed by atoms with E-state index in [0.29, 0.717) is 61.0 Å². The fraction of sp³-hybridized carbons (Fsp3) is 0.500. The molecule has 9 rings (SSSR count). The van der Waals surface area contributed by atoms with Crippen LogP contribution in [0.15, 0.2) is 53.6 Å². The van der Waals surface area contributed by atoms with E-state index in [4.69, 9.17) is 9.47 Å². The summed E-state index contributed by atoms with van der Waals surface area (Å²) in [5, 5.41) is 7.68. The van der Waals surface area contributed by atoms with E-state index in [1.807, 2.05) is 45.2 Å². The number of anilines is 3. The van der Waals surface area contributed by atoms with Gasteiger partial charge in [-0.1, -0.05) is 20.8 Å². The molecule has 4 aliphatic rings. The molecule has 0 bridgehead atoms. The van der Waals surface area contributed by atoms with Crippen molar-refractivity contribution in [2.45, 2.75) is 77.0 Å². The number of hydrogen-bond acceptors (Lipinski definition) is 13. The number of ether oxygens (including phenoxy) is 2. The van der Waals surface area contributed by atoms with Crippen molar-refractivity contribution in [3.8, 4) is 11.5 Å². The lowest BCUT2D eigenvalue weighted by molar-refractivity contribution is -0.125. The standard InChI is InChI=1S/C44H51F3N10O5S.C2H6/c1-5-53(3)63-51-35-9-7-32(45)40(39(35)47)62-29-6-8-34-30(16-29)42(60)57(25-48-34)28-21-44(61-22-28)11-14-55(15-12-44)27-19-43(20-27)23-56(24-43)37-18-36-31(17-33(37)46)41(50-54(36)4)52(2)13-10-38(59)49-26-58;1-2/h6-9,16-18,25-28,51H,5,10-15,19-24H2,1-4H3,(H,49,58,59);1-2H3. The zero-order chi connectivity index (χ0) is 46.2. The molecule has 348 valence electrons. The van der Waals surface area contributed by atoms with Crippen LogP contribution in [0.4, 0.5) is 30.4 Å². The topological polar surface area (TPSA) is 142 Å². The van der Waals surface area contributed by atoms with E-state index in [0.717, 1.165) is 63.4 Å². The Kier molecular flexibility index (Phi) is 13.4. The molecular weight excluding hydrogens is 862 g/mol. The number of fused-ring (bicyclic) bond motifs is 2. The minimum Gasteiger partial charge on any atom is -0.451 e. The summed E-state index contributed by atoms with van der Waals surface area (Å²) in [6, 6.07) is 10.7. The van der Waals surface area contributed by atoms with Gasteiger partial charge in [0.1, 0.15) is 11.6 Å². The number of aryl methyl sites for hydroxylation is 1. The fourth-order valence-corrected chi connectivity index (χ4v) is 10.3. The largest absolute Gasteiger partial charge is 0.451 e. The maximum Gasteiger partial charge on any atom is 0.261 e. The zero-order valence-corrected chi connectivity index (χ0v) is 38.5. The minimum absolute atomic E-state index is 0.0688. The first-order chi connectivity index (χ1) is 31.3. The Balaban J connectivity index is 0.00000284. The molecule has 5 aromatic rings. The molecule has 1 aliphatic carbocycles. The minimum atomic E-state index is -0.880. The van der Waals surface area contributed by atoms with Crippen molar-refractivity contribution in [1.82, 2.24) is 33.9 Å². The van der Waals surface area contributed by atoms with Gasteiger partial charge in [-0.2, -0.15) is 5.10 Å². The Bertz CT molecular complexity index is 2620. The highest BCUT2D eigenvalue weighted by molar-refractivity contribution is 7.98. The highest BCUT2D eigenvalue weighted by atomic mass is 32.2. The lowest BCUT2D eigenvalue weighted by Gasteiger charge is -2.62. The molecule has 4 fully saturated rings. The van der Waals surface area contributed by atoms with Crippen LogP contribution in [0.1, 0.15) is 65.3 Å². The number of amides is 2. The zero-order valence-electron chi connectivity index (χ0n) is 37.7. The molecule has 65 heavy (non-hydrogen) atoms. The highest BCUT2D eigenvalue weighted by Gasteiger charge is 2.55. The fourth-order valence-electron chi connectivity index (χ4n) is 9.77. The van der Waals surface area contributed by atoms with E-state index in [9.17, 15) is 18.8 Å². The van der Waals surface area contributed by atoms with E-state index in [-0.39, 0.29) is 57.6 Å². The number of likely N-dealkylation sites (tertiary alicyclic amines) is 1. The molecule has 19 heteroatoms. The predicted molar refractivity (Wildman–Crippen MR) is 247 cm³/mol. The van der Waals surface area contributed by atoms with Gasteiger partial charge in [-0.3, -0.25) is 28.9 Å². The molecule has 2 amide bonds. The lowest BCUT2D eigenvalue weighted by Crippen LogP contribution is -2.67. The highest BCUT2D eigenvalue weighted by Crippen LogP contribution is 2.53. The van der Waals surface area contributed by atoms with Crippen LogP contribution in [0.2, 0.25) is 0 Å². The Hall–Kier alpha value is -5.37. The number of halogens is 3. The molecule has 3 aliphatic heterocycles. The number of aromatic nitrogens is 4. The lowest BCUT2D eigenvalue weighted by atomic mass is 9.59. The number of carbonyl (C=O) groups excluding carboxylic acids is 2. The first-order valence-electron chi connectivity index (χ1n) is 22.3. The van der Waals surface area contributed by atoms with Crippen molar-refractivity contribution in [2.75, 3.05) is 74.5 Å². The number of carbonyl (C=O) groups is 2. The van der Waals surface area contributed by atoms with Crippen LogP contribution >= 0.6 is 12.1 Å². The predicted octanol–water partition coefficient (Wildman–Crippen LogP) is 7.01. The molecule has 2 aromatic heterocycles. The van der Waals surface area contributed by atoms with Crippen molar-refractivity contribution in [3.05, 3.63) is 76.6 Å². The molecule has 2 N–H and O–H groups in total. The van der Waals surface area contributed by atoms with Crippen LogP contribution in [-0.4, -0.2) is 112 Å². The second kappa shape index (κ2) is 18.9. The molecule has 15 nitrogen and oxygen atoms in total. The first-order valence-corrected chi connectivity index (χ1v) is 23.1. The second-order valence-corrected chi connectivity index (χ2v) is 18.6. The smallest absolute Gasteiger partial charge is 0.261 e. The Morgan fingerprint density at radius 3 is 2.49 bits per heavy atom. The van der Waals surface area contributed by atoms with E-state index in [2.05, 4.69) is 29.9 Å². The summed E-state index contributed by atoms with van der Waals surface area (Å²) in [6.45, 7) is 10.7. The van der Waals surface area contributed by atoms with Crippen LogP contribution in [0.5, 0.6) is 11.5 Å². The third-order valence-electron chi connectivity index (χ3n) is 13.5. The Labute approximate surface area is 380 Å². The molecule has 1 atom stereocenters. The van der Waals surface area contributed by atoms with Crippen LogP contribution in [0.25, 0.3) is 21.8 Å². The van der Waals surface area contributed by atoms with Gasteiger partial charge in [-0.25, -0.2) is 22.5 Å². The average molecular weight is 919 g/mol. The molecule has 2 spiro atoms. The van der Waals surface area contributed by atoms with Gasteiger partial charge in [0, 0.05) is 88.8 Å². The Morgan fingerprint density at radius 2 is 1.77 bits per heavy atom. The molecular formula is C46H57F3N10O5S. The Morgan fingerprint density at radius 1 is 1.02 bits per heavy atom. The summed E-state index contributed by atoms with van der Waals surface area (Å²) in [7, 11) is 5.45. The molecule has 1 unspecified atom stereocenters. The van der Waals surface area contributed by atoms with Gasteiger partial charge in [-0.05, 0) is 81.6 Å². The van der Waals surface area contributed by atoms with Crippen LogP contribution in [-0.2, 0) is 21.4 Å². The van der Waals surface area contributed by atoms with Crippen molar-refractivity contribution in [3.63, 3.8) is 0 Å². The summed E-state index contributed by atoms with van der Waals surface area (Å²) in [4.78, 5) is 47.3. The normalized spacial score (nSPS) is 19.0. The van der Waals surface area contributed by atoms with Gasteiger partial charge in [0.25, 0.3) is 5.56 Å². The van der Waals surface area contributed by atoms with Gasteiger partial charge in [0.05, 0.1) is 52.4 Å². The number of piperidine rings is 1. The third-order valence-corrected chi connectivity index (χ3v) is 14.4. The number of nitrogens with one attached hydrogen (secondary N) is 2. The van der Waals surface area contributed by atoms with Gasteiger partial charge < -0.3 is 28.9 Å². The van der Waals surface area contributed by atoms with Crippen molar-refractivity contribution in [1.29, 1.82) is 0 Å². The molecule has 0 radical (unpaired) electrons. The number of imide groups is 1. The van der Waals surface area contributed by atoms with Gasteiger partial charge in [0.2, 0.25) is 18.1 Å². The summed E-state index contributed by atoms with van der Waals surface area (Å²) < 4.78 is 66.1. The summed E-state index contributed by atoms with van der Waals surface area (Å²) >= 11 is 1.18.